The molecule has 0 unspecified atom stereocenters. The summed E-state index contributed by atoms with van der Waals surface area (Å²) in [5.41, 5.74) is 2.87. The van der Waals surface area contributed by atoms with Crippen molar-refractivity contribution in [3.63, 3.8) is 0 Å². The minimum absolute atomic E-state index is 0.0127. The van der Waals surface area contributed by atoms with E-state index in [4.69, 9.17) is 0 Å². The van der Waals surface area contributed by atoms with Crippen molar-refractivity contribution < 1.29 is 13.6 Å². The Morgan fingerprint density at radius 2 is 1.96 bits per heavy atom. The average molecular weight is 383 g/mol. The summed E-state index contributed by atoms with van der Waals surface area (Å²) in [6, 6.07) is 12.0. The zero-order chi connectivity index (χ0) is 19.7. The van der Waals surface area contributed by atoms with E-state index in [-0.39, 0.29) is 23.3 Å². The highest BCUT2D eigenvalue weighted by atomic mass is 19.1. The van der Waals surface area contributed by atoms with Gasteiger partial charge in [-0.25, -0.2) is 8.78 Å². The Morgan fingerprint density at radius 1 is 1.18 bits per heavy atom. The number of nitrogens with one attached hydrogen (secondary N) is 1. The van der Waals surface area contributed by atoms with Gasteiger partial charge >= 0.3 is 0 Å². The number of fused-ring (bicyclic) bond motifs is 1. The molecule has 3 atom stereocenters. The summed E-state index contributed by atoms with van der Waals surface area (Å²) in [7, 11) is 0. The van der Waals surface area contributed by atoms with Crippen LogP contribution in [0.15, 0.2) is 42.5 Å². The van der Waals surface area contributed by atoms with Crippen molar-refractivity contribution in [1.29, 1.82) is 0 Å². The molecule has 0 amide bonds. The van der Waals surface area contributed by atoms with E-state index in [1.165, 1.54) is 42.5 Å². The second kappa shape index (κ2) is 8.12. The zero-order valence-electron chi connectivity index (χ0n) is 16.3. The van der Waals surface area contributed by atoms with Crippen LogP contribution in [0, 0.1) is 23.5 Å². The lowest BCUT2D eigenvalue weighted by atomic mass is 9.84. The number of carbonyl (C=O) groups excluding carboxylic acids is 1. The smallest absolute Gasteiger partial charge is 0.140 e. The van der Waals surface area contributed by atoms with E-state index in [0.717, 1.165) is 24.9 Å². The molecule has 2 aromatic rings. The molecule has 0 heterocycles. The van der Waals surface area contributed by atoms with Gasteiger partial charge in [0.15, 0.2) is 0 Å². The zero-order valence-corrected chi connectivity index (χ0v) is 16.3. The molecule has 0 aliphatic heterocycles. The standard InChI is InChI=1S/C24H27F2NO/c1-15(20-10-9-19(25)13-22(20)26)23(28)12-18-11-17-7-2-3-8-21(17)24(18)27-14-16-5-4-6-16/h2-3,7-10,13,15-16,18,24,27H,4-6,11-12,14H2,1H3/t15-,18+,24+/m0/s1. The molecule has 0 saturated heterocycles. The Bertz CT molecular complexity index is 861. The maximum absolute atomic E-state index is 14.1. The second-order valence-electron chi connectivity index (χ2n) is 8.40. The SMILES string of the molecule is C[C@H](C(=O)C[C@H]1Cc2ccccc2[C@@H]1NCC1CCC1)c1ccc(F)cc1F. The monoisotopic (exact) mass is 383 g/mol. The summed E-state index contributed by atoms with van der Waals surface area (Å²) in [6.45, 7) is 2.71. The van der Waals surface area contributed by atoms with Crippen LogP contribution in [0.1, 0.15) is 61.3 Å². The molecule has 0 radical (unpaired) electrons. The van der Waals surface area contributed by atoms with Crippen molar-refractivity contribution in [2.24, 2.45) is 11.8 Å². The first-order valence-electron chi connectivity index (χ1n) is 10.3. The van der Waals surface area contributed by atoms with Gasteiger partial charge in [0.25, 0.3) is 0 Å². The molecule has 148 valence electrons. The third-order valence-corrected chi connectivity index (χ3v) is 6.57. The Labute approximate surface area is 165 Å². The number of ketones is 1. The molecule has 0 aromatic heterocycles. The number of Topliss-reactive ketones (excluding diaryl/α,β-unsaturated/α-hetero) is 1. The molecular formula is C24H27F2NO. The minimum atomic E-state index is -0.643. The number of halogens is 2. The molecule has 2 aliphatic carbocycles. The van der Waals surface area contributed by atoms with E-state index >= 15 is 0 Å². The molecule has 0 bridgehead atoms. The summed E-state index contributed by atoms with van der Waals surface area (Å²) in [6.07, 6.45) is 5.14. The van der Waals surface area contributed by atoms with Crippen LogP contribution in [-0.4, -0.2) is 12.3 Å². The van der Waals surface area contributed by atoms with Crippen LogP contribution in [0.25, 0.3) is 0 Å². The van der Waals surface area contributed by atoms with Gasteiger partial charge in [0.05, 0.1) is 0 Å². The quantitative estimate of drug-likeness (QED) is 0.700. The highest BCUT2D eigenvalue weighted by molar-refractivity contribution is 5.85. The topological polar surface area (TPSA) is 29.1 Å². The maximum atomic E-state index is 14.1. The van der Waals surface area contributed by atoms with E-state index in [1.807, 2.05) is 6.07 Å². The van der Waals surface area contributed by atoms with Crippen LogP contribution >= 0.6 is 0 Å². The molecule has 1 fully saturated rings. The van der Waals surface area contributed by atoms with Crippen LogP contribution in [-0.2, 0) is 11.2 Å². The third kappa shape index (κ3) is 3.88. The van der Waals surface area contributed by atoms with Gasteiger partial charge < -0.3 is 5.32 Å². The minimum Gasteiger partial charge on any atom is -0.309 e. The van der Waals surface area contributed by atoms with Crippen LogP contribution in [0.3, 0.4) is 0 Å². The Kier molecular flexibility index (Phi) is 5.58. The number of hydrogen-bond acceptors (Lipinski definition) is 2. The predicted molar refractivity (Wildman–Crippen MR) is 106 cm³/mol. The molecule has 4 rings (SSSR count). The molecule has 2 aliphatic rings. The first kappa shape index (κ1) is 19.3. The number of hydrogen-bond donors (Lipinski definition) is 1. The Balaban J connectivity index is 1.47. The van der Waals surface area contributed by atoms with Gasteiger partial charge in [-0.2, -0.15) is 0 Å². The van der Waals surface area contributed by atoms with Crippen LogP contribution in [0.4, 0.5) is 8.78 Å². The van der Waals surface area contributed by atoms with Gasteiger partial charge in [-0.1, -0.05) is 43.7 Å². The normalized spacial score (nSPS) is 22.5. The van der Waals surface area contributed by atoms with Gasteiger partial charge in [-0.15, -0.1) is 0 Å². The highest BCUT2D eigenvalue weighted by Crippen LogP contribution is 2.40. The van der Waals surface area contributed by atoms with Crippen molar-refractivity contribution in [1.82, 2.24) is 5.32 Å². The lowest BCUT2D eigenvalue weighted by Crippen LogP contribution is -2.33. The molecule has 2 nitrogen and oxygen atoms in total. The molecule has 2 aromatic carbocycles. The summed E-state index contributed by atoms with van der Waals surface area (Å²) >= 11 is 0. The summed E-state index contributed by atoms with van der Waals surface area (Å²) < 4.78 is 27.3. The highest BCUT2D eigenvalue weighted by Gasteiger charge is 2.35. The maximum Gasteiger partial charge on any atom is 0.140 e. The van der Waals surface area contributed by atoms with Crippen molar-refractivity contribution in [2.75, 3.05) is 6.54 Å². The molecule has 4 heteroatoms. The van der Waals surface area contributed by atoms with Crippen LogP contribution < -0.4 is 5.32 Å². The lowest BCUT2D eigenvalue weighted by molar-refractivity contribution is -0.121. The number of rotatable bonds is 7. The van der Waals surface area contributed by atoms with Crippen molar-refractivity contribution >= 4 is 5.78 Å². The molecule has 1 N–H and O–H groups in total. The third-order valence-electron chi connectivity index (χ3n) is 6.57. The summed E-state index contributed by atoms with van der Waals surface area (Å²) in [4.78, 5) is 13.0. The predicted octanol–water partition coefficient (Wildman–Crippen LogP) is 5.33. The largest absolute Gasteiger partial charge is 0.309 e. The van der Waals surface area contributed by atoms with Crippen molar-refractivity contribution in [2.45, 2.75) is 51.0 Å². The van der Waals surface area contributed by atoms with E-state index in [9.17, 15) is 13.6 Å². The van der Waals surface area contributed by atoms with E-state index < -0.39 is 17.6 Å². The van der Waals surface area contributed by atoms with E-state index in [2.05, 4.69) is 23.5 Å². The Morgan fingerprint density at radius 3 is 2.68 bits per heavy atom. The lowest BCUT2D eigenvalue weighted by Gasteiger charge is -2.30. The first-order chi connectivity index (χ1) is 13.5. The van der Waals surface area contributed by atoms with E-state index in [0.29, 0.717) is 6.42 Å². The van der Waals surface area contributed by atoms with Gasteiger partial charge in [0, 0.05) is 24.4 Å². The van der Waals surface area contributed by atoms with Crippen LogP contribution in [0.2, 0.25) is 0 Å². The van der Waals surface area contributed by atoms with Crippen LogP contribution in [0.5, 0.6) is 0 Å². The average Bonchev–Trinajstić information content (AvgIpc) is 2.97. The number of benzene rings is 2. The summed E-state index contributed by atoms with van der Waals surface area (Å²) in [5.74, 6) is -0.898. The fourth-order valence-electron chi connectivity index (χ4n) is 4.60. The van der Waals surface area contributed by atoms with Gasteiger partial charge in [0.1, 0.15) is 17.4 Å². The first-order valence-corrected chi connectivity index (χ1v) is 10.3. The fraction of sp³-hybridized carbons (Fsp3) is 0.458. The molecule has 28 heavy (non-hydrogen) atoms. The molecular weight excluding hydrogens is 356 g/mol. The second-order valence-corrected chi connectivity index (χ2v) is 8.40. The Hall–Kier alpha value is -2.07. The molecule has 0 spiro atoms. The van der Waals surface area contributed by atoms with Crippen molar-refractivity contribution in [3.05, 3.63) is 70.8 Å². The number of carbonyl (C=O) groups is 1. The van der Waals surface area contributed by atoms with Gasteiger partial charge in [0.2, 0.25) is 0 Å². The summed E-state index contributed by atoms with van der Waals surface area (Å²) in [5, 5.41) is 3.72. The van der Waals surface area contributed by atoms with Gasteiger partial charge in [-0.05, 0) is 60.4 Å². The van der Waals surface area contributed by atoms with E-state index in [1.54, 1.807) is 6.92 Å². The fourth-order valence-corrected chi connectivity index (χ4v) is 4.60. The molecule has 1 saturated carbocycles. The van der Waals surface area contributed by atoms with Gasteiger partial charge in [-0.3, -0.25) is 4.79 Å². The van der Waals surface area contributed by atoms with Crippen molar-refractivity contribution in [3.8, 4) is 0 Å².